The molecule has 0 saturated heterocycles. The summed E-state index contributed by atoms with van der Waals surface area (Å²) in [6, 6.07) is 1.89. The van der Waals surface area contributed by atoms with Gasteiger partial charge < -0.3 is 10.2 Å². The lowest BCUT2D eigenvalue weighted by molar-refractivity contribution is -0.121. The first-order valence-corrected chi connectivity index (χ1v) is 6.14. The Morgan fingerprint density at radius 3 is 2.71 bits per heavy atom. The second-order valence-corrected chi connectivity index (χ2v) is 4.03. The van der Waals surface area contributed by atoms with E-state index in [1.54, 1.807) is 4.68 Å². The van der Waals surface area contributed by atoms with Gasteiger partial charge in [-0.2, -0.15) is 5.10 Å². The molecule has 0 radical (unpaired) electrons. The van der Waals surface area contributed by atoms with Crippen LogP contribution >= 0.6 is 0 Å². The van der Waals surface area contributed by atoms with Gasteiger partial charge in [0.2, 0.25) is 5.91 Å². The lowest BCUT2D eigenvalue weighted by atomic mass is 10.4. The van der Waals surface area contributed by atoms with E-state index in [4.69, 9.17) is 0 Å². The lowest BCUT2D eigenvalue weighted by Gasteiger charge is -2.17. The summed E-state index contributed by atoms with van der Waals surface area (Å²) in [5.41, 5.74) is 0.931. The van der Waals surface area contributed by atoms with Crippen LogP contribution in [0.4, 0.5) is 0 Å². The second-order valence-electron chi connectivity index (χ2n) is 4.03. The molecular formula is C12H22N4O. The number of amides is 1. The van der Waals surface area contributed by atoms with Crippen molar-refractivity contribution >= 4 is 5.91 Å². The van der Waals surface area contributed by atoms with Gasteiger partial charge in [0.15, 0.2) is 0 Å². The van der Waals surface area contributed by atoms with Gasteiger partial charge in [0, 0.05) is 19.3 Å². The minimum absolute atomic E-state index is 0.0141. The van der Waals surface area contributed by atoms with Gasteiger partial charge in [-0.15, -0.1) is 0 Å². The van der Waals surface area contributed by atoms with Crippen molar-refractivity contribution in [3.8, 4) is 0 Å². The average molecular weight is 238 g/mol. The van der Waals surface area contributed by atoms with E-state index in [0.717, 1.165) is 25.3 Å². The molecule has 1 rings (SSSR count). The number of aromatic nitrogens is 2. The van der Waals surface area contributed by atoms with Gasteiger partial charge >= 0.3 is 0 Å². The van der Waals surface area contributed by atoms with Crippen LogP contribution in [0, 0.1) is 6.92 Å². The zero-order chi connectivity index (χ0) is 12.7. The zero-order valence-corrected chi connectivity index (χ0v) is 10.9. The summed E-state index contributed by atoms with van der Waals surface area (Å²) in [6.45, 7) is 10.1. The summed E-state index contributed by atoms with van der Waals surface area (Å²) in [5, 5.41) is 7.07. The standard InChI is InChI=1S/C12H22N4O/c1-4-15(5-2)9-7-13-12(17)10-16-8-6-11(3)14-16/h6,8H,4-5,7,9-10H2,1-3H3,(H,13,17). The fourth-order valence-corrected chi connectivity index (χ4v) is 1.65. The number of hydrogen-bond donors (Lipinski definition) is 1. The van der Waals surface area contributed by atoms with Crippen molar-refractivity contribution in [3.05, 3.63) is 18.0 Å². The van der Waals surface area contributed by atoms with Crippen LogP contribution in [0.2, 0.25) is 0 Å². The Bertz CT molecular complexity index is 344. The van der Waals surface area contributed by atoms with Crippen molar-refractivity contribution in [1.29, 1.82) is 0 Å². The molecule has 1 heterocycles. The average Bonchev–Trinajstić information content (AvgIpc) is 2.70. The summed E-state index contributed by atoms with van der Waals surface area (Å²) >= 11 is 0. The van der Waals surface area contributed by atoms with E-state index < -0.39 is 0 Å². The number of nitrogens with zero attached hydrogens (tertiary/aromatic N) is 3. The summed E-state index contributed by atoms with van der Waals surface area (Å²) in [4.78, 5) is 13.9. The van der Waals surface area contributed by atoms with E-state index in [-0.39, 0.29) is 5.91 Å². The summed E-state index contributed by atoms with van der Waals surface area (Å²) in [5.74, 6) is 0.0141. The molecule has 0 aliphatic rings. The van der Waals surface area contributed by atoms with Gasteiger partial charge in [-0.3, -0.25) is 9.48 Å². The van der Waals surface area contributed by atoms with E-state index in [0.29, 0.717) is 13.1 Å². The third-order valence-corrected chi connectivity index (χ3v) is 2.72. The van der Waals surface area contributed by atoms with Gasteiger partial charge in [0.1, 0.15) is 6.54 Å². The van der Waals surface area contributed by atoms with Crippen LogP contribution in [0.5, 0.6) is 0 Å². The molecular weight excluding hydrogens is 216 g/mol. The molecule has 0 bridgehead atoms. The van der Waals surface area contributed by atoms with Crippen molar-refractivity contribution in [3.63, 3.8) is 0 Å². The Morgan fingerprint density at radius 1 is 1.47 bits per heavy atom. The van der Waals surface area contributed by atoms with E-state index in [1.165, 1.54) is 0 Å². The van der Waals surface area contributed by atoms with Gasteiger partial charge in [-0.05, 0) is 26.1 Å². The molecule has 0 fully saturated rings. The normalized spacial score (nSPS) is 10.8. The fourth-order valence-electron chi connectivity index (χ4n) is 1.65. The number of likely N-dealkylation sites (N-methyl/N-ethyl adjacent to an activating group) is 1. The molecule has 5 heteroatoms. The highest BCUT2D eigenvalue weighted by Crippen LogP contribution is 1.92. The molecule has 96 valence electrons. The lowest BCUT2D eigenvalue weighted by Crippen LogP contribution is -2.36. The van der Waals surface area contributed by atoms with Crippen LogP contribution in [-0.4, -0.2) is 46.8 Å². The van der Waals surface area contributed by atoms with Gasteiger partial charge in [0.25, 0.3) is 0 Å². The highest BCUT2D eigenvalue weighted by atomic mass is 16.2. The van der Waals surface area contributed by atoms with Crippen LogP contribution in [0.3, 0.4) is 0 Å². The topological polar surface area (TPSA) is 50.2 Å². The highest BCUT2D eigenvalue weighted by Gasteiger charge is 2.04. The quantitative estimate of drug-likeness (QED) is 0.759. The SMILES string of the molecule is CCN(CC)CCNC(=O)Cn1ccc(C)n1. The molecule has 1 N–H and O–H groups in total. The molecule has 17 heavy (non-hydrogen) atoms. The van der Waals surface area contributed by atoms with Crippen LogP contribution in [0.15, 0.2) is 12.3 Å². The molecule has 0 unspecified atom stereocenters. The Morgan fingerprint density at radius 2 is 2.18 bits per heavy atom. The van der Waals surface area contributed by atoms with Crippen molar-refractivity contribution < 1.29 is 4.79 Å². The number of rotatable bonds is 7. The van der Waals surface area contributed by atoms with Crippen molar-refractivity contribution in [2.45, 2.75) is 27.3 Å². The van der Waals surface area contributed by atoms with E-state index in [9.17, 15) is 4.79 Å². The van der Waals surface area contributed by atoms with Crippen molar-refractivity contribution in [2.24, 2.45) is 0 Å². The van der Waals surface area contributed by atoms with Crippen LogP contribution in [-0.2, 0) is 11.3 Å². The molecule has 0 aromatic carbocycles. The van der Waals surface area contributed by atoms with E-state index in [1.807, 2.05) is 19.2 Å². The number of nitrogens with one attached hydrogen (secondary N) is 1. The molecule has 0 saturated carbocycles. The van der Waals surface area contributed by atoms with Crippen LogP contribution in [0.25, 0.3) is 0 Å². The van der Waals surface area contributed by atoms with E-state index >= 15 is 0 Å². The third-order valence-electron chi connectivity index (χ3n) is 2.72. The molecule has 0 aliphatic carbocycles. The molecule has 1 aromatic rings. The molecule has 0 atom stereocenters. The Hall–Kier alpha value is -1.36. The second kappa shape index (κ2) is 7.06. The highest BCUT2D eigenvalue weighted by molar-refractivity contribution is 5.75. The van der Waals surface area contributed by atoms with E-state index in [2.05, 4.69) is 29.2 Å². The smallest absolute Gasteiger partial charge is 0.241 e. The number of aryl methyl sites for hydroxylation is 1. The number of carbonyl (C=O) groups excluding carboxylic acids is 1. The maximum atomic E-state index is 11.6. The van der Waals surface area contributed by atoms with Crippen LogP contribution in [0.1, 0.15) is 19.5 Å². The maximum Gasteiger partial charge on any atom is 0.241 e. The molecule has 0 spiro atoms. The zero-order valence-electron chi connectivity index (χ0n) is 10.9. The summed E-state index contributed by atoms with van der Waals surface area (Å²) < 4.78 is 1.65. The molecule has 1 aromatic heterocycles. The summed E-state index contributed by atoms with van der Waals surface area (Å²) in [7, 11) is 0. The predicted molar refractivity (Wildman–Crippen MR) is 67.8 cm³/mol. The van der Waals surface area contributed by atoms with Crippen molar-refractivity contribution in [1.82, 2.24) is 20.0 Å². The minimum Gasteiger partial charge on any atom is -0.353 e. The summed E-state index contributed by atoms with van der Waals surface area (Å²) in [6.07, 6.45) is 1.82. The largest absolute Gasteiger partial charge is 0.353 e. The minimum atomic E-state index is 0.0141. The predicted octanol–water partition coefficient (Wildman–Crippen LogP) is 0.650. The maximum absolute atomic E-state index is 11.6. The fraction of sp³-hybridized carbons (Fsp3) is 0.667. The molecule has 0 aliphatic heterocycles. The molecule has 5 nitrogen and oxygen atoms in total. The Balaban J connectivity index is 2.21. The van der Waals surface area contributed by atoms with Crippen molar-refractivity contribution in [2.75, 3.05) is 26.2 Å². The first-order valence-electron chi connectivity index (χ1n) is 6.14. The van der Waals surface area contributed by atoms with Crippen LogP contribution < -0.4 is 5.32 Å². The first-order chi connectivity index (χ1) is 8.15. The van der Waals surface area contributed by atoms with Gasteiger partial charge in [0.05, 0.1) is 5.69 Å². The number of carbonyl (C=O) groups is 1. The Labute approximate surface area is 103 Å². The molecule has 1 amide bonds. The van der Waals surface area contributed by atoms with Gasteiger partial charge in [-0.25, -0.2) is 0 Å². The first kappa shape index (κ1) is 13.7. The van der Waals surface area contributed by atoms with Gasteiger partial charge in [-0.1, -0.05) is 13.8 Å². The Kier molecular flexibility index (Phi) is 5.69. The third kappa shape index (κ3) is 4.99. The number of hydrogen-bond acceptors (Lipinski definition) is 3. The monoisotopic (exact) mass is 238 g/mol.